The summed E-state index contributed by atoms with van der Waals surface area (Å²) in [6.07, 6.45) is 0. The van der Waals surface area contributed by atoms with Gasteiger partial charge in [-0.05, 0) is 0 Å². The van der Waals surface area contributed by atoms with Crippen molar-refractivity contribution in [3.63, 3.8) is 0 Å². The molecule has 0 aromatic rings. The van der Waals surface area contributed by atoms with Crippen molar-refractivity contribution in [2.45, 2.75) is 0 Å². The molecule has 0 rings (SSSR count). The van der Waals surface area contributed by atoms with Crippen molar-refractivity contribution in [2.24, 2.45) is 0 Å². The molecule has 0 aliphatic rings. The second-order valence-electron chi connectivity index (χ2n) is 1.06. The number of rotatable bonds is 2. The summed E-state index contributed by atoms with van der Waals surface area (Å²) in [7, 11) is -10.1. The van der Waals surface area contributed by atoms with Crippen LogP contribution in [0.15, 0.2) is 0 Å². The van der Waals surface area contributed by atoms with Crippen molar-refractivity contribution >= 4 is 84.2 Å². The predicted molar refractivity (Wildman–Crippen MR) is 42.3 cm³/mol. The van der Waals surface area contributed by atoms with E-state index in [0.29, 0.717) is 0 Å². The van der Waals surface area contributed by atoms with Crippen LogP contribution < -0.4 is 0 Å². The van der Waals surface area contributed by atoms with Crippen LogP contribution in [-0.4, -0.2) is 88.1 Å². The Balaban J connectivity index is -0.000000107. The number of hydrogen-bond donors (Lipinski definition) is 4. The molecule has 0 aromatic heterocycles. The molecule has 0 aliphatic heterocycles. The second-order valence-corrected chi connectivity index (χ2v) is 3.68. The van der Waals surface area contributed by atoms with Crippen LogP contribution in [0.2, 0.25) is 0 Å². The van der Waals surface area contributed by atoms with Gasteiger partial charge in [-0.15, -0.1) is 0 Å². The molecule has 0 heterocycles. The van der Waals surface area contributed by atoms with Gasteiger partial charge in [0, 0.05) is 49.4 Å². The first-order valence-electron chi connectivity index (χ1n) is 1.53. The maximum absolute atomic E-state index is 9.63. The summed E-state index contributed by atoms with van der Waals surface area (Å²) >= 11 is 0. The van der Waals surface area contributed by atoms with Crippen molar-refractivity contribution in [2.75, 3.05) is 0 Å². The van der Waals surface area contributed by atoms with Gasteiger partial charge in [-0.25, -0.2) is 9.13 Å². The summed E-state index contributed by atoms with van der Waals surface area (Å²) in [6, 6.07) is 0. The monoisotopic (exact) mass is 447 g/mol. The fourth-order valence-electron chi connectivity index (χ4n) is 0.139. The molecule has 0 aromatic carbocycles. The van der Waals surface area contributed by atoms with Crippen molar-refractivity contribution in [1.29, 1.82) is 0 Å². The Morgan fingerprint density at radius 2 is 1.08 bits per heavy atom. The number of hydrogen-bond acceptors (Lipinski definition) is 3. The van der Waals surface area contributed by atoms with Gasteiger partial charge in [0.05, 0.1) is 0 Å². The SMILES string of the molecule is O=P(O)(O)OP(=O)(O)O.[Eu].[MgH2].[SrH2]. The zero-order valence-electron chi connectivity index (χ0n) is 4.29. The van der Waals surface area contributed by atoms with Crippen molar-refractivity contribution < 1.29 is 82.4 Å². The normalized spacial score (nSPS) is 10.3. The molecule has 0 atom stereocenters. The molecule has 0 fully saturated rings. The van der Waals surface area contributed by atoms with Crippen LogP contribution in [0.3, 0.4) is 0 Å². The minimum atomic E-state index is -5.05. The third-order valence-electron chi connectivity index (χ3n) is 0.213. The molecule has 1 radical (unpaired) electrons. The zero-order valence-corrected chi connectivity index (χ0v) is 8.50. The molecule has 12 heavy (non-hydrogen) atoms. The quantitative estimate of drug-likeness (QED) is 0.270. The van der Waals surface area contributed by atoms with E-state index in [1.54, 1.807) is 0 Å². The molecule has 71 valence electrons. The van der Waals surface area contributed by atoms with Gasteiger partial charge < -0.3 is 19.6 Å². The van der Waals surface area contributed by atoms with Gasteiger partial charge >= 0.3 is 84.2 Å². The van der Waals surface area contributed by atoms with Crippen molar-refractivity contribution in [3.8, 4) is 0 Å². The molecule has 4 N–H and O–H groups in total. The van der Waals surface area contributed by atoms with Crippen LogP contribution in [0.4, 0.5) is 0 Å². The average Bonchev–Trinajstić information content (AvgIpc) is 1.14. The molecule has 0 bridgehead atoms. The van der Waals surface area contributed by atoms with E-state index in [0.717, 1.165) is 0 Å². The van der Waals surface area contributed by atoms with E-state index in [4.69, 9.17) is 19.6 Å². The molecule has 0 spiro atoms. The predicted octanol–water partition coefficient (Wildman–Crippen LogP) is -2.64. The topological polar surface area (TPSA) is 124 Å². The summed E-state index contributed by atoms with van der Waals surface area (Å²) < 4.78 is 22.2. The fraction of sp³-hybridized carbons (Fsp3) is 0. The molecular formula is H8EuMgO7P2Sr. The molecule has 0 saturated carbocycles. The van der Waals surface area contributed by atoms with Crippen LogP contribution in [0.5, 0.6) is 0 Å². The first kappa shape index (κ1) is 25.1. The molecule has 12 heteroatoms. The first-order valence-corrected chi connectivity index (χ1v) is 4.59. The standard InChI is InChI=1S/Eu.Mg.H4O7P2.Sr.4H/c;;1-8(2,3)7-9(4,5)6;;;;;/h;;(H2,1,2,3)(H2,4,5,6);;;;;. The summed E-state index contributed by atoms with van der Waals surface area (Å²) in [6.45, 7) is 0. The Bertz CT molecular complexity index is 162. The van der Waals surface area contributed by atoms with Crippen LogP contribution in [-0.2, 0) is 13.4 Å². The summed E-state index contributed by atoms with van der Waals surface area (Å²) in [5.41, 5.74) is 0. The van der Waals surface area contributed by atoms with Gasteiger partial charge in [-0.2, -0.15) is 4.31 Å². The van der Waals surface area contributed by atoms with Gasteiger partial charge in [0.25, 0.3) is 0 Å². The zero-order chi connectivity index (χ0) is 7.71. The van der Waals surface area contributed by atoms with E-state index in [2.05, 4.69) is 4.31 Å². The van der Waals surface area contributed by atoms with E-state index in [1.165, 1.54) is 0 Å². The van der Waals surface area contributed by atoms with E-state index in [9.17, 15) is 9.13 Å². The fourth-order valence-corrected chi connectivity index (χ4v) is 1.25. The van der Waals surface area contributed by atoms with E-state index >= 15 is 0 Å². The molecule has 0 unspecified atom stereocenters. The number of phosphoric acid groups is 2. The van der Waals surface area contributed by atoms with Gasteiger partial charge in [-0.3, -0.25) is 0 Å². The van der Waals surface area contributed by atoms with Crippen LogP contribution in [0, 0.1) is 49.4 Å². The Hall–Kier alpha value is 4.09. The van der Waals surface area contributed by atoms with Crippen molar-refractivity contribution in [1.82, 2.24) is 0 Å². The molecule has 7 nitrogen and oxygen atoms in total. The van der Waals surface area contributed by atoms with Gasteiger partial charge in [0.15, 0.2) is 0 Å². The Morgan fingerprint density at radius 3 is 1.08 bits per heavy atom. The van der Waals surface area contributed by atoms with Crippen LogP contribution >= 0.6 is 15.6 Å². The van der Waals surface area contributed by atoms with Gasteiger partial charge in [0.1, 0.15) is 0 Å². The Labute approximate surface area is 162 Å². The van der Waals surface area contributed by atoms with Gasteiger partial charge in [0.2, 0.25) is 0 Å². The molecule has 0 aliphatic carbocycles. The average molecular weight is 446 g/mol. The molecule has 0 saturated heterocycles. The van der Waals surface area contributed by atoms with E-state index in [-0.39, 0.29) is 118 Å². The third kappa shape index (κ3) is 23.7. The summed E-state index contributed by atoms with van der Waals surface area (Å²) in [5, 5.41) is 0. The summed E-state index contributed by atoms with van der Waals surface area (Å²) in [5.74, 6) is 0. The molecule has 0 amide bonds. The molecular weight excluding hydrogens is 438 g/mol. The maximum atomic E-state index is 9.63. The second kappa shape index (κ2) is 10.3. The van der Waals surface area contributed by atoms with Crippen molar-refractivity contribution in [3.05, 3.63) is 0 Å². The van der Waals surface area contributed by atoms with Crippen LogP contribution in [0.25, 0.3) is 0 Å². The van der Waals surface area contributed by atoms with E-state index < -0.39 is 15.6 Å². The summed E-state index contributed by atoms with van der Waals surface area (Å²) in [4.78, 5) is 31.0. The minimum absolute atomic E-state index is 0. The third-order valence-corrected chi connectivity index (χ3v) is 1.91. The van der Waals surface area contributed by atoms with E-state index in [1.807, 2.05) is 0 Å². The van der Waals surface area contributed by atoms with Gasteiger partial charge in [-0.1, -0.05) is 0 Å². The Morgan fingerprint density at radius 1 is 0.917 bits per heavy atom. The van der Waals surface area contributed by atoms with Crippen LogP contribution in [0.1, 0.15) is 0 Å². The Kier molecular flexibility index (Phi) is 21.4. The first-order chi connectivity index (χ1) is 3.71.